The summed E-state index contributed by atoms with van der Waals surface area (Å²) in [5.41, 5.74) is 9.99. The quantitative estimate of drug-likeness (QED) is 0.852. The Labute approximate surface area is 148 Å². The van der Waals surface area contributed by atoms with Crippen LogP contribution in [-0.4, -0.2) is 30.5 Å². The Morgan fingerprint density at radius 3 is 2.88 bits per heavy atom. The average molecular weight is 336 g/mol. The van der Waals surface area contributed by atoms with Crippen LogP contribution in [0.15, 0.2) is 42.5 Å². The minimum atomic E-state index is 0.0902. The van der Waals surface area contributed by atoms with Crippen LogP contribution in [0.25, 0.3) is 0 Å². The molecule has 0 aromatic heterocycles. The van der Waals surface area contributed by atoms with Crippen molar-refractivity contribution in [3.8, 4) is 5.75 Å². The third kappa shape index (κ3) is 2.76. The summed E-state index contributed by atoms with van der Waals surface area (Å²) in [5.74, 6) is 1.11. The first kappa shape index (κ1) is 16.0. The van der Waals surface area contributed by atoms with Gasteiger partial charge in [0.2, 0.25) is 0 Å². The molecule has 0 saturated carbocycles. The molecule has 1 aliphatic carbocycles. The van der Waals surface area contributed by atoms with Crippen LogP contribution in [0.2, 0.25) is 0 Å². The summed E-state index contributed by atoms with van der Waals surface area (Å²) >= 11 is 0. The van der Waals surface area contributed by atoms with Gasteiger partial charge in [-0.2, -0.15) is 0 Å². The summed E-state index contributed by atoms with van der Waals surface area (Å²) in [4.78, 5) is 15.3. The fourth-order valence-electron chi connectivity index (χ4n) is 4.47. The number of fused-ring (bicyclic) bond motifs is 3. The number of hydrogen-bond acceptors (Lipinski definition) is 3. The number of amides is 1. The number of nitrogens with two attached hydrogens (primary N) is 1. The van der Waals surface area contributed by atoms with Crippen LogP contribution in [0.3, 0.4) is 0 Å². The number of likely N-dealkylation sites (tertiary alicyclic amines) is 1. The van der Waals surface area contributed by atoms with E-state index in [1.165, 1.54) is 11.1 Å². The monoisotopic (exact) mass is 336 g/mol. The van der Waals surface area contributed by atoms with Crippen molar-refractivity contribution in [1.82, 2.24) is 4.90 Å². The first-order valence-electron chi connectivity index (χ1n) is 9.01. The molecule has 1 amide bonds. The fourth-order valence-corrected chi connectivity index (χ4v) is 4.47. The summed E-state index contributed by atoms with van der Waals surface area (Å²) in [6.07, 6.45) is 4.30. The molecule has 25 heavy (non-hydrogen) atoms. The third-order valence-electron chi connectivity index (χ3n) is 5.68. The summed E-state index contributed by atoms with van der Waals surface area (Å²) in [6, 6.07) is 14.3. The van der Waals surface area contributed by atoms with Crippen molar-refractivity contribution >= 4 is 11.6 Å². The van der Waals surface area contributed by atoms with E-state index in [9.17, 15) is 4.79 Å². The molecule has 2 aliphatic rings. The Morgan fingerprint density at radius 2 is 2.04 bits per heavy atom. The molecule has 0 bridgehead atoms. The van der Waals surface area contributed by atoms with E-state index in [0.29, 0.717) is 29.0 Å². The van der Waals surface area contributed by atoms with E-state index in [1.807, 2.05) is 0 Å². The molecule has 1 aliphatic heterocycles. The lowest BCUT2D eigenvalue weighted by Crippen LogP contribution is -2.49. The molecule has 1 heterocycles. The van der Waals surface area contributed by atoms with E-state index in [2.05, 4.69) is 29.2 Å². The number of hydrogen-bond donors (Lipinski definition) is 1. The molecule has 0 unspecified atom stereocenters. The molecule has 0 radical (unpaired) electrons. The predicted molar refractivity (Wildman–Crippen MR) is 99.0 cm³/mol. The van der Waals surface area contributed by atoms with E-state index < -0.39 is 0 Å². The zero-order valence-corrected chi connectivity index (χ0v) is 14.6. The van der Waals surface area contributed by atoms with Gasteiger partial charge in [0.05, 0.1) is 12.8 Å². The lowest BCUT2D eigenvalue weighted by Gasteiger charge is -2.45. The van der Waals surface area contributed by atoms with Gasteiger partial charge < -0.3 is 15.4 Å². The second kappa shape index (κ2) is 6.43. The molecule has 2 aromatic rings. The number of ether oxygens (including phenoxy) is 1. The molecule has 1 saturated heterocycles. The minimum Gasteiger partial charge on any atom is -0.495 e. The van der Waals surface area contributed by atoms with Crippen molar-refractivity contribution in [2.75, 3.05) is 19.4 Å². The highest BCUT2D eigenvalue weighted by Crippen LogP contribution is 2.41. The third-order valence-corrected chi connectivity index (χ3v) is 5.68. The Balaban J connectivity index is 1.64. The molecule has 1 fully saturated rings. The zero-order valence-electron chi connectivity index (χ0n) is 14.6. The largest absolute Gasteiger partial charge is 0.495 e. The summed E-state index contributed by atoms with van der Waals surface area (Å²) < 4.78 is 5.28. The molecule has 2 N–H and O–H groups in total. The number of anilines is 1. The molecule has 4 heteroatoms. The number of carbonyl (C=O) groups is 1. The molecule has 130 valence electrons. The number of methoxy groups -OCH3 is 1. The van der Waals surface area contributed by atoms with Crippen LogP contribution >= 0.6 is 0 Å². The van der Waals surface area contributed by atoms with Crippen molar-refractivity contribution in [3.05, 3.63) is 59.2 Å². The Morgan fingerprint density at radius 1 is 1.20 bits per heavy atom. The van der Waals surface area contributed by atoms with Crippen LogP contribution in [-0.2, 0) is 6.42 Å². The first-order chi connectivity index (χ1) is 12.2. The van der Waals surface area contributed by atoms with Crippen molar-refractivity contribution in [1.29, 1.82) is 0 Å². The molecule has 4 nitrogen and oxygen atoms in total. The van der Waals surface area contributed by atoms with E-state index >= 15 is 0 Å². The number of aryl methyl sites for hydroxylation is 1. The number of nitrogen functional groups attached to an aromatic ring is 1. The van der Waals surface area contributed by atoms with Gasteiger partial charge in [-0.15, -0.1) is 0 Å². The van der Waals surface area contributed by atoms with Crippen molar-refractivity contribution in [2.24, 2.45) is 0 Å². The van der Waals surface area contributed by atoms with E-state index in [-0.39, 0.29) is 5.91 Å². The lowest BCUT2D eigenvalue weighted by molar-refractivity contribution is 0.0546. The highest BCUT2D eigenvalue weighted by atomic mass is 16.5. The standard InChI is InChI=1S/C21H24N2O2/c1-25-20-13-15(8-10-18(20)22)21(24)23-12-4-7-17-16-6-3-2-5-14(16)9-11-19(17)23/h2-3,5-6,8,10,13,17,19H,4,7,9,11-12,22H2,1H3/t17-,19+/m1/s1. The Kier molecular flexibility index (Phi) is 4.12. The van der Waals surface area contributed by atoms with Crippen LogP contribution in [0.5, 0.6) is 5.75 Å². The smallest absolute Gasteiger partial charge is 0.254 e. The van der Waals surface area contributed by atoms with Gasteiger partial charge in [-0.1, -0.05) is 24.3 Å². The molecule has 2 atom stereocenters. The van der Waals surface area contributed by atoms with E-state index in [0.717, 1.165) is 32.2 Å². The highest BCUT2D eigenvalue weighted by molar-refractivity contribution is 5.95. The van der Waals surface area contributed by atoms with Gasteiger partial charge in [-0.25, -0.2) is 0 Å². The van der Waals surface area contributed by atoms with Gasteiger partial charge in [-0.05, 0) is 55.0 Å². The summed E-state index contributed by atoms with van der Waals surface area (Å²) in [5, 5.41) is 0. The number of benzene rings is 2. The van der Waals surface area contributed by atoms with Gasteiger partial charge >= 0.3 is 0 Å². The maximum Gasteiger partial charge on any atom is 0.254 e. The van der Waals surface area contributed by atoms with Gasteiger partial charge in [-0.3, -0.25) is 4.79 Å². The van der Waals surface area contributed by atoms with Crippen molar-refractivity contribution < 1.29 is 9.53 Å². The molecular formula is C21H24N2O2. The van der Waals surface area contributed by atoms with Crippen LogP contribution < -0.4 is 10.5 Å². The number of rotatable bonds is 2. The average Bonchev–Trinajstić information content (AvgIpc) is 2.67. The van der Waals surface area contributed by atoms with Gasteiger partial charge in [0.25, 0.3) is 5.91 Å². The molecule has 2 aromatic carbocycles. The first-order valence-corrected chi connectivity index (χ1v) is 9.01. The maximum atomic E-state index is 13.2. The van der Waals surface area contributed by atoms with Gasteiger partial charge in [0, 0.05) is 24.1 Å². The molecular weight excluding hydrogens is 312 g/mol. The second-order valence-electron chi connectivity index (χ2n) is 7.01. The van der Waals surface area contributed by atoms with Crippen LogP contribution in [0, 0.1) is 0 Å². The van der Waals surface area contributed by atoms with Crippen molar-refractivity contribution in [2.45, 2.75) is 37.6 Å². The normalized spacial score (nSPS) is 22.0. The molecule has 0 spiro atoms. The highest BCUT2D eigenvalue weighted by Gasteiger charge is 2.38. The predicted octanol–water partition coefficient (Wildman–Crippen LogP) is 3.61. The Bertz CT molecular complexity index is 802. The van der Waals surface area contributed by atoms with Gasteiger partial charge in [0.1, 0.15) is 5.75 Å². The Hall–Kier alpha value is -2.49. The van der Waals surface area contributed by atoms with Gasteiger partial charge in [0.15, 0.2) is 0 Å². The number of piperidine rings is 1. The second-order valence-corrected chi connectivity index (χ2v) is 7.01. The number of nitrogens with zero attached hydrogens (tertiary/aromatic N) is 1. The minimum absolute atomic E-state index is 0.0902. The van der Waals surface area contributed by atoms with Crippen LogP contribution in [0.4, 0.5) is 5.69 Å². The van der Waals surface area contributed by atoms with E-state index in [1.54, 1.807) is 25.3 Å². The maximum absolute atomic E-state index is 13.2. The summed E-state index contributed by atoms with van der Waals surface area (Å²) in [6.45, 7) is 0.828. The summed E-state index contributed by atoms with van der Waals surface area (Å²) in [7, 11) is 1.58. The van der Waals surface area contributed by atoms with Crippen LogP contribution in [0.1, 0.15) is 46.7 Å². The topological polar surface area (TPSA) is 55.6 Å². The number of carbonyl (C=O) groups excluding carboxylic acids is 1. The fraction of sp³-hybridized carbons (Fsp3) is 0.381. The van der Waals surface area contributed by atoms with Crippen molar-refractivity contribution in [3.63, 3.8) is 0 Å². The zero-order chi connectivity index (χ0) is 17.4. The molecule has 4 rings (SSSR count). The SMILES string of the molecule is COc1cc(C(=O)N2CCC[C@@H]3c4ccccc4CC[C@@H]32)ccc1N. The van der Waals surface area contributed by atoms with E-state index in [4.69, 9.17) is 10.5 Å². The lowest BCUT2D eigenvalue weighted by atomic mass is 9.74.